The van der Waals surface area contributed by atoms with Crippen LogP contribution in [0.5, 0.6) is 0 Å². The fourth-order valence-electron chi connectivity index (χ4n) is 2.37. The first-order chi connectivity index (χ1) is 11.0. The quantitative estimate of drug-likeness (QED) is 0.725. The molecule has 23 heavy (non-hydrogen) atoms. The Balaban J connectivity index is 1.86. The highest BCUT2D eigenvalue weighted by Gasteiger charge is 2.07. The average molecular weight is 321 g/mol. The monoisotopic (exact) mass is 321 g/mol. The molecule has 0 unspecified atom stereocenters. The highest BCUT2D eigenvalue weighted by atomic mass is 32.1. The first kappa shape index (κ1) is 15.2. The molecule has 3 aromatic rings. The first-order valence-electron chi connectivity index (χ1n) is 7.15. The predicted molar refractivity (Wildman–Crippen MR) is 93.7 cm³/mol. The van der Waals surface area contributed by atoms with Gasteiger partial charge in [0.2, 0.25) is 0 Å². The molecule has 0 bridgehead atoms. The van der Waals surface area contributed by atoms with E-state index in [1.54, 1.807) is 6.92 Å². The fraction of sp³-hybridized carbons (Fsp3) is 0.0526. The van der Waals surface area contributed by atoms with Crippen molar-refractivity contribution in [2.75, 3.05) is 0 Å². The van der Waals surface area contributed by atoms with Gasteiger partial charge in [0.15, 0.2) is 5.78 Å². The summed E-state index contributed by atoms with van der Waals surface area (Å²) in [5.41, 5.74) is 10.2. The summed E-state index contributed by atoms with van der Waals surface area (Å²) in [7, 11) is 0. The lowest BCUT2D eigenvalue weighted by Gasteiger charge is -2.04. The summed E-state index contributed by atoms with van der Waals surface area (Å²) in [4.78, 5) is 23.0. The predicted octanol–water partition coefficient (Wildman–Crippen LogP) is 4.38. The van der Waals surface area contributed by atoms with Crippen LogP contribution in [0.2, 0.25) is 0 Å². The van der Waals surface area contributed by atoms with Crippen molar-refractivity contribution in [1.29, 1.82) is 0 Å². The number of amides is 1. The smallest absolute Gasteiger partial charge is 0.258 e. The van der Waals surface area contributed by atoms with Gasteiger partial charge >= 0.3 is 0 Å². The van der Waals surface area contributed by atoms with Crippen LogP contribution >= 0.6 is 11.3 Å². The van der Waals surface area contributed by atoms with Crippen LogP contribution in [0.25, 0.3) is 22.3 Å². The molecule has 0 fully saturated rings. The summed E-state index contributed by atoms with van der Waals surface area (Å²) in [5, 5.41) is 1.93. The van der Waals surface area contributed by atoms with Crippen molar-refractivity contribution in [2.45, 2.75) is 6.92 Å². The summed E-state index contributed by atoms with van der Waals surface area (Å²) < 4.78 is 0. The summed E-state index contributed by atoms with van der Waals surface area (Å²) in [6, 6.07) is 17.5. The van der Waals surface area contributed by atoms with Gasteiger partial charge in [-0.05, 0) is 40.6 Å². The van der Waals surface area contributed by atoms with E-state index in [1.807, 2.05) is 60.0 Å². The Labute approximate surface area is 138 Å². The molecule has 4 heteroatoms. The number of hydrogen-bond donors (Lipinski definition) is 1. The molecule has 0 saturated heterocycles. The molecular formula is C19H15NO2S. The normalized spacial score (nSPS) is 10.5. The van der Waals surface area contributed by atoms with Gasteiger partial charge in [0.25, 0.3) is 5.91 Å². The fourth-order valence-corrected chi connectivity index (χ4v) is 3.14. The largest absolute Gasteiger partial charge is 0.365 e. The molecule has 1 heterocycles. The molecule has 3 rings (SSSR count). The number of hydrogen-bond acceptors (Lipinski definition) is 3. The molecule has 1 amide bonds. The van der Waals surface area contributed by atoms with Gasteiger partial charge in [0, 0.05) is 5.56 Å². The summed E-state index contributed by atoms with van der Waals surface area (Å²) in [6.07, 6.45) is 0. The lowest BCUT2D eigenvalue weighted by Crippen LogP contribution is -2.08. The molecule has 0 radical (unpaired) electrons. The Morgan fingerprint density at radius 1 is 0.826 bits per heavy atom. The van der Waals surface area contributed by atoms with E-state index >= 15 is 0 Å². The molecule has 3 nitrogen and oxygen atoms in total. The van der Waals surface area contributed by atoms with Crippen LogP contribution in [-0.2, 0) is 0 Å². The molecule has 114 valence electrons. The summed E-state index contributed by atoms with van der Waals surface area (Å²) >= 11 is 1.35. The maximum Gasteiger partial charge on any atom is 0.258 e. The molecule has 2 N–H and O–H groups in total. The molecule has 2 aromatic carbocycles. The lowest BCUT2D eigenvalue weighted by atomic mass is 10.00. The van der Waals surface area contributed by atoms with Crippen LogP contribution in [0.1, 0.15) is 27.0 Å². The minimum absolute atomic E-state index is 0.0645. The van der Waals surface area contributed by atoms with Crippen LogP contribution < -0.4 is 5.73 Å². The Hall–Kier alpha value is -2.72. The maximum atomic E-state index is 11.3. The molecule has 0 spiro atoms. The van der Waals surface area contributed by atoms with E-state index in [9.17, 15) is 9.59 Å². The number of carbonyl (C=O) groups is 2. The third-order valence-electron chi connectivity index (χ3n) is 3.69. The Bertz CT molecular complexity index is 861. The third-order valence-corrected chi connectivity index (χ3v) is 4.63. The number of rotatable bonds is 4. The number of nitrogens with two attached hydrogens (primary N) is 1. The van der Waals surface area contributed by atoms with Gasteiger partial charge in [-0.25, -0.2) is 0 Å². The van der Waals surface area contributed by atoms with E-state index in [4.69, 9.17) is 5.73 Å². The molecule has 0 aliphatic carbocycles. The van der Waals surface area contributed by atoms with Gasteiger partial charge in [-0.2, -0.15) is 0 Å². The third kappa shape index (κ3) is 3.22. The van der Waals surface area contributed by atoms with Crippen molar-refractivity contribution in [3.63, 3.8) is 0 Å². The van der Waals surface area contributed by atoms with Crippen LogP contribution in [0.15, 0.2) is 60.0 Å². The van der Waals surface area contributed by atoms with E-state index < -0.39 is 5.91 Å². The Kier molecular flexibility index (Phi) is 4.08. The number of benzene rings is 2. The molecular weight excluding hydrogens is 306 g/mol. The van der Waals surface area contributed by atoms with Crippen molar-refractivity contribution >= 4 is 23.0 Å². The minimum Gasteiger partial charge on any atom is -0.365 e. The molecule has 0 saturated carbocycles. The highest BCUT2D eigenvalue weighted by Crippen LogP contribution is 2.28. The second-order valence-corrected chi connectivity index (χ2v) is 6.19. The molecule has 0 aliphatic rings. The van der Waals surface area contributed by atoms with Crippen molar-refractivity contribution in [1.82, 2.24) is 0 Å². The van der Waals surface area contributed by atoms with E-state index in [-0.39, 0.29) is 5.78 Å². The van der Waals surface area contributed by atoms with Crippen molar-refractivity contribution in [3.8, 4) is 22.3 Å². The van der Waals surface area contributed by atoms with Gasteiger partial charge in [0.05, 0.1) is 4.88 Å². The second kappa shape index (κ2) is 6.18. The number of primary amides is 1. The first-order valence-corrected chi connectivity index (χ1v) is 8.03. The van der Waals surface area contributed by atoms with Crippen LogP contribution in [0, 0.1) is 0 Å². The molecule has 1 aromatic heterocycles. The highest BCUT2D eigenvalue weighted by molar-refractivity contribution is 7.12. The van der Waals surface area contributed by atoms with E-state index in [0.29, 0.717) is 10.4 Å². The summed E-state index contributed by atoms with van der Waals surface area (Å²) in [6.45, 7) is 1.56. The lowest BCUT2D eigenvalue weighted by molar-refractivity contribution is 0.0999. The van der Waals surface area contributed by atoms with Crippen LogP contribution in [0.3, 0.4) is 0 Å². The zero-order valence-electron chi connectivity index (χ0n) is 12.6. The standard InChI is InChI=1S/C19H15NO2S/c1-12(21)13-2-4-14(5-3-13)15-6-8-16(9-7-15)17-10-18(19(20)22)23-11-17/h2-11H,1H3,(H2,20,22). The van der Waals surface area contributed by atoms with E-state index in [2.05, 4.69) is 0 Å². The van der Waals surface area contributed by atoms with Gasteiger partial charge in [0.1, 0.15) is 0 Å². The number of Topliss-reactive ketones (excluding diaryl/α,β-unsaturated/α-hetero) is 1. The minimum atomic E-state index is -0.400. The number of carbonyl (C=O) groups excluding carboxylic acids is 2. The zero-order chi connectivity index (χ0) is 16.4. The van der Waals surface area contributed by atoms with Crippen LogP contribution in [-0.4, -0.2) is 11.7 Å². The Morgan fingerprint density at radius 2 is 1.30 bits per heavy atom. The van der Waals surface area contributed by atoms with Gasteiger partial charge in [-0.3, -0.25) is 9.59 Å². The van der Waals surface area contributed by atoms with E-state index in [1.165, 1.54) is 11.3 Å². The summed E-state index contributed by atoms with van der Waals surface area (Å²) in [5.74, 6) is -0.335. The Morgan fingerprint density at radius 3 is 1.74 bits per heavy atom. The second-order valence-electron chi connectivity index (χ2n) is 5.27. The van der Waals surface area contributed by atoms with Crippen LogP contribution in [0.4, 0.5) is 0 Å². The average Bonchev–Trinajstić information content (AvgIpc) is 3.05. The number of ketones is 1. The zero-order valence-corrected chi connectivity index (χ0v) is 13.4. The topological polar surface area (TPSA) is 60.2 Å². The van der Waals surface area contributed by atoms with E-state index in [0.717, 1.165) is 22.3 Å². The number of thiophene rings is 1. The van der Waals surface area contributed by atoms with Crippen molar-refractivity contribution in [2.24, 2.45) is 5.73 Å². The SMILES string of the molecule is CC(=O)c1ccc(-c2ccc(-c3csc(C(N)=O)c3)cc2)cc1. The van der Waals surface area contributed by atoms with Gasteiger partial charge in [-0.1, -0.05) is 48.5 Å². The van der Waals surface area contributed by atoms with Gasteiger partial charge in [-0.15, -0.1) is 11.3 Å². The van der Waals surface area contributed by atoms with Crippen molar-refractivity contribution in [3.05, 3.63) is 70.4 Å². The molecule has 0 atom stereocenters. The van der Waals surface area contributed by atoms with Crippen molar-refractivity contribution < 1.29 is 9.59 Å². The van der Waals surface area contributed by atoms with Gasteiger partial charge < -0.3 is 5.73 Å². The molecule has 0 aliphatic heterocycles. The maximum absolute atomic E-state index is 11.3.